The van der Waals surface area contributed by atoms with E-state index >= 15 is 0 Å². The molecule has 1 N–H and O–H groups in total. The number of nitrogens with zero attached hydrogens (tertiary/aromatic N) is 1. The minimum absolute atomic E-state index is 0.00343. The van der Waals surface area contributed by atoms with Crippen molar-refractivity contribution in [2.24, 2.45) is 0 Å². The van der Waals surface area contributed by atoms with Gasteiger partial charge >= 0.3 is 0 Å². The third kappa shape index (κ3) is 3.55. The molecule has 0 aliphatic carbocycles. The van der Waals surface area contributed by atoms with Crippen LogP contribution in [0.5, 0.6) is 23.0 Å². The van der Waals surface area contributed by atoms with Crippen molar-refractivity contribution < 1.29 is 19.3 Å². The summed E-state index contributed by atoms with van der Waals surface area (Å²) >= 11 is 0. The molecule has 0 bridgehead atoms. The largest absolute Gasteiger partial charge is 0.504 e. The van der Waals surface area contributed by atoms with Crippen molar-refractivity contribution >= 4 is 5.57 Å². The quantitative estimate of drug-likeness (QED) is 0.857. The first kappa shape index (κ1) is 16.2. The molecule has 0 radical (unpaired) electrons. The van der Waals surface area contributed by atoms with Gasteiger partial charge in [-0.25, -0.2) is 0 Å². The maximum atomic E-state index is 9.97. The molecular weight excluding hydrogens is 294 g/mol. The van der Waals surface area contributed by atoms with Crippen molar-refractivity contribution in [1.29, 1.82) is 5.26 Å². The van der Waals surface area contributed by atoms with Crippen molar-refractivity contribution in [3.8, 4) is 29.1 Å². The zero-order valence-corrected chi connectivity index (χ0v) is 13.2. The summed E-state index contributed by atoms with van der Waals surface area (Å²) in [4.78, 5) is 0. The van der Waals surface area contributed by atoms with Gasteiger partial charge < -0.3 is 19.3 Å². The van der Waals surface area contributed by atoms with Crippen molar-refractivity contribution in [3.63, 3.8) is 0 Å². The first-order chi connectivity index (χ1) is 11.1. The van der Waals surface area contributed by atoms with Gasteiger partial charge in [0.2, 0.25) is 0 Å². The molecular formula is C18H17NO4. The topological polar surface area (TPSA) is 71.7 Å². The summed E-state index contributed by atoms with van der Waals surface area (Å²) in [5.74, 6) is 1.60. The summed E-state index contributed by atoms with van der Waals surface area (Å²) in [6.45, 7) is 0. The Morgan fingerprint density at radius 3 is 2.09 bits per heavy atom. The summed E-state index contributed by atoms with van der Waals surface area (Å²) in [5, 5.41) is 19.1. The fourth-order valence-corrected chi connectivity index (χ4v) is 2.22. The van der Waals surface area contributed by atoms with Crippen molar-refractivity contribution in [3.05, 3.63) is 53.6 Å². The number of methoxy groups -OCH3 is 3. The predicted octanol–water partition coefficient (Wildman–Crippen LogP) is 3.37. The molecule has 5 heteroatoms. The Morgan fingerprint density at radius 1 is 0.957 bits per heavy atom. The minimum Gasteiger partial charge on any atom is -0.504 e. The van der Waals surface area contributed by atoms with E-state index in [0.717, 1.165) is 5.56 Å². The number of allylic oxidation sites excluding steroid dienone is 1. The highest BCUT2D eigenvalue weighted by molar-refractivity contribution is 5.83. The fraction of sp³-hybridized carbons (Fsp3) is 0.167. The number of phenols is 1. The van der Waals surface area contributed by atoms with E-state index in [9.17, 15) is 5.11 Å². The molecule has 2 rings (SSSR count). The van der Waals surface area contributed by atoms with E-state index < -0.39 is 0 Å². The van der Waals surface area contributed by atoms with Gasteiger partial charge in [-0.2, -0.15) is 5.26 Å². The molecule has 0 aliphatic heterocycles. The monoisotopic (exact) mass is 311 g/mol. The Kier molecular flexibility index (Phi) is 5.11. The molecule has 0 aromatic heterocycles. The number of hydrogen-bond acceptors (Lipinski definition) is 5. The van der Waals surface area contributed by atoms with Crippen molar-refractivity contribution in [2.45, 2.75) is 0 Å². The molecule has 23 heavy (non-hydrogen) atoms. The molecule has 0 spiro atoms. The average Bonchev–Trinajstić information content (AvgIpc) is 2.59. The van der Waals surface area contributed by atoms with Crippen LogP contribution in [0.4, 0.5) is 0 Å². The Labute approximate surface area is 135 Å². The lowest BCUT2D eigenvalue weighted by atomic mass is 9.97. The Bertz CT molecular complexity index is 753. The van der Waals surface area contributed by atoms with Gasteiger partial charge in [-0.15, -0.1) is 0 Å². The number of hydrogen-bond donors (Lipinski definition) is 1. The number of nitriles is 1. The van der Waals surface area contributed by atoms with Crippen molar-refractivity contribution in [1.82, 2.24) is 0 Å². The highest BCUT2D eigenvalue weighted by atomic mass is 16.5. The van der Waals surface area contributed by atoms with Crippen LogP contribution in [-0.2, 0) is 0 Å². The van der Waals surface area contributed by atoms with Gasteiger partial charge in [0.15, 0.2) is 11.5 Å². The molecule has 0 unspecified atom stereocenters. The minimum atomic E-state index is 0.00343. The highest BCUT2D eigenvalue weighted by Crippen LogP contribution is 2.34. The molecule has 0 saturated heterocycles. The van der Waals surface area contributed by atoms with E-state index in [1.165, 1.54) is 13.2 Å². The molecule has 0 saturated carbocycles. The number of phenolic OH excluding ortho intramolecular Hbond substituents is 1. The smallest absolute Gasteiger partial charge is 0.160 e. The average molecular weight is 311 g/mol. The zero-order chi connectivity index (χ0) is 16.8. The summed E-state index contributed by atoms with van der Waals surface area (Å²) in [6.07, 6.45) is 1.41. The van der Waals surface area contributed by atoms with Crippen LogP contribution in [0, 0.1) is 11.3 Å². The summed E-state index contributed by atoms with van der Waals surface area (Å²) in [6, 6.07) is 12.3. The standard InChI is InChI=1S/C18H17NO4/c1-21-14-8-13(9-15(11-14)22-2)16(6-7-19)12-4-5-18(23-3)17(20)10-12/h4-6,8-11,20H,1-3H3/b16-6+. The van der Waals surface area contributed by atoms with Gasteiger partial charge in [0.05, 0.1) is 27.4 Å². The molecule has 0 fully saturated rings. The fourth-order valence-electron chi connectivity index (χ4n) is 2.22. The molecule has 0 atom stereocenters. The number of aromatic hydroxyl groups is 1. The SMILES string of the molecule is COc1cc(OC)cc(/C(=C/C#N)c2ccc(OC)c(O)c2)c1. The third-order valence-corrected chi connectivity index (χ3v) is 3.36. The van der Waals surface area contributed by atoms with Crippen LogP contribution in [0.1, 0.15) is 11.1 Å². The van der Waals surface area contributed by atoms with Gasteiger partial charge in [0.1, 0.15) is 11.5 Å². The Balaban J connectivity index is 2.58. The van der Waals surface area contributed by atoms with E-state index in [4.69, 9.17) is 19.5 Å². The van der Waals surface area contributed by atoms with Crippen LogP contribution in [0.2, 0.25) is 0 Å². The van der Waals surface area contributed by atoms with Crippen LogP contribution in [0.15, 0.2) is 42.5 Å². The number of ether oxygens (including phenoxy) is 3. The molecule has 2 aromatic carbocycles. The van der Waals surface area contributed by atoms with Gasteiger partial charge in [0, 0.05) is 12.1 Å². The lowest BCUT2D eigenvalue weighted by Gasteiger charge is -2.12. The first-order valence-corrected chi connectivity index (χ1v) is 6.83. The molecule has 118 valence electrons. The summed E-state index contributed by atoms with van der Waals surface area (Å²) in [5.41, 5.74) is 2.06. The van der Waals surface area contributed by atoms with E-state index in [0.29, 0.717) is 28.4 Å². The van der Waals surface area contributed by atoms with E-state index in [2.05, 4.69) is 0 Å². The van der Waals surface area contributed by atoms with Crippen LogP contribution in [-0.4, -0.2) is 26.4 Å². The van der Waals surface area contributed by atoms with Gasteiger partial charge in [-0.1, -0.05) is 6.07 Å². The van der Waals surface area contributed by atoms with E-state index in [1.807, 2.05) is 6.07 Å². The van der Waals surface area contributed by atoms with Gasteiger partial charge in [-0.05, 0) is 41.0 Å². The molecule has 0 aliphatic rings. The summed E-state index contributed by atoms with van der Waals surface area (Å²) in [7, 11) is 4.60. The van der Waals surface area contributed by atoms with Crippen LogP contribution < -0.4 is 14.2 Å². The van der Waals surface area contributed by atoms with Crippen LogP contribution >= 0.6 is 0 Å². The molecule has 0 amide bonds. The van der Waals surface area contributed by atoms with Crippen molar-refractivity contribution in [2.75, 3.05) is 21.3 Å². The number of benzene rings is 2. The van der Waals surface area contributed by atoms with E-state index in [1.54, 1.807) is 50.6 Å². The molecule has 2 aromatic rings. The summed E-state index contributed by atoms with van der Waals surface area (Å²) < 4.78 is 15.6. The third-order valence-electron chi connectivity index (χ3n) is 3.36. The maximum Gasteiger partial charge on any atom is 0.160 e. The normalized spacial score (nSPS) is 10.8. The first-order valence-electron chi connectivity index (χ1n) is 6.83. The molecule has 0 heterocycles. The second-order valence-corrected chi connectivity index (χ2v) is 4.68. The predicted molar refractivity (Wildman–Crippen MR) is 86.9 cm³/mol. The zero-order valence-electron chi connectivity index (χ0n) is 13.2. The number of rotatable bonds is 5. The van der Waals surface area contributed by atoms with Gasteiger partial charge in [-0.3, -0.25) is 0 Å². The van der Waals surface area contributed by atoms with Crippen LogP contribution in [0.3, 0.4) is 0 Å². The second-order valence-electron chi connectivity index (χ2n) is 4.68. The lowest BCUT2D eigenvalue weighted by Crippen LogP contribution is -1.93. The Morgan fingerprint density at radius 2 is 1.61 bits per heavy atom. The lowest BCUT2D eigenvalue weighted by molar-refractivity contribution is 0.373. The maximum absolute atomic E-state index is 9.97. The van der Waals surface area contributed by atoms with Gasteiger partial charge in [0.25, 0.3) is 0 Å². The Hall–Kier alpha value is -3.13. The van der Waals surface area contributed by atoms with E-state index in [-0.39, 0.29) is 5.75 Å². The molecule has 5 nitrogen and oxygen atoms in total. The van der Waals surface area contributed by atoms with Crippen LogP contribution in [0.25, 0.3) is 5.57 Å². The highest BCUT2D eigenvalue weighted by Gasteiger charge is 2.11. The second kappa shape index (κ2) is 7.23.